The lowest BCUT2D eigenvalue weighted by Gasteiger charge is -2.09. The zero-order valence-corrected chi connectivity index (χ0v) is 13.0. The van der Waals surface area contributed by atoms with E-state index in [2.05, 4.69) is 28.9 Å². The molecule has 0 fully saturated rings. The maximum atomic E-state index is 12.6. The summed E-state index contributed by atoms with van der Waals surface area (Å²) in [6.45, 7) is 5.31. The first-order valence-corrected chi connectivity index (χ1v) is 7.33. The van der Waals surface area contributed by atoms with E-state index in [1.165, 1.54) is 0 Å². The van der Waals surface area contributed by atoms with E-state index in [9.17, 15) is 4.79 Å². The van der Waals surface area contributed by atoms with Gasteiger partial charge in [-0.2, -0.15) is 9.50 Å². The summed E-state index contributed by atoms with van der Waals surface area (Å²) >= 11 is 0. The maximum absolute atomic E-state index is 12.6. The summed E-state index contributed by atoms with van der Waals surface area (Å²) in [6, 6.07) is 1.89. The Bertz CT molecular complexity index is 865. The van der Waals surface area contributed by atoms with E-state index in [0.29, 0.717) is 41.6 Å². The van der Waals surface area contributed by atoms with E-state index in [4.69, 9.17) is 4.74 Å². The van der Waals surface area contributed by atoms with Gasteiger partial charge >= 0.3 is 0 Å². The molecule has 116 valence electrons. The van der Waals surface area contributed by atoms with Gasteiger partial charge in [0.1, 0.15) is 6.61 Å². The molecule has 3 aromatic rings. The Kier molecular flexibility index (Phi) is 3.89. The number of fused-ring (bicyclic) bond motifs is 3. The number of methoxy groups -OCH3 is 1. The number of pyridine rings is 1. The molecule has 7 nitrogen and oxygen atoms in total. The monoisotopic (exact) mass is 301 g/mol. The summed E-state index contributed by atoms with van der Waals surface area (Å²) in [4.78, 5) is 21.1. The smallest absolute Gasteiger partial charge is 0.261 e. The van der Waals surface area contributed by atoms with Crippen molar-refractivity contribution in [2.45, 2.75) is 33.4 Å². The summed E-state index contributed by atoms with van der Waals surface area (Å²) in [5.41, 5.74) is 0.669. The van der Waals surface area contributed by atoms with E-state index in [1.54, 1.807) is 22.4 Å². The van der Waals surface area contributed by atoms with Gasteiger partial charge in [-0.25, -0.2) is 4.98 Å². The molecule has 0 aliphatic carbocycles. The van der Waals surface area contributed by atoms with E-state index in [1.807, 2.05) is 12.3 Å². The van der Waals surface area contributed by atoms with Crippen molar-refractivity contribution in [1.29, 1.82) is 0 Å². The molecule has 3 aromatic heterocycles. The molecule has 3 rings (SSSR count). The maximum Gasteiger partial charge on any atom is 0.261 e. The molecule has 0 unspecified atom stereocenters. The number of hydrogen-bond donors (Lipinski definition) is 0. The standard InChI is InChI=1S/C15H19N5O2/c1-10(2)4-6-19-7-5-12-11(14(19)21)8-16-15-17-13(9-22-3)18-20(12)15/h5,7-8,10H,4,6,9H2,1-3H3. The van der Waals surface area contributed by atoms with Gasteiger partial charge < -0.3 is 9.30 Å². The third kappa shape index (κ3) is 2.59. The molecule has 22 heavy (non-hydrogen) atoms. The predicted molar refractivity (Wildman–Crippen MR) is 82.7 cm³/mol. The molecule has 0 amide bonds. The van der Waals surface area contributed by atoms with E-state index >= 15 is 0 Å². The number of nitrogens with zero attached hydrogens (tertiary/aromatic N) is 5. The number of rotatable bonds is 5. The molecule has 0 atom stereocenters. The normalized spacial score (nSPS) is 11.8. The summed E-state index contributed by atoms with van der Waals surface area (Å²) < 4.78 is 8.35. The third-order valence-electron chi connectivity index (χ3n) is 3.57. The van der Waals surface area contributed by atoms with Crippen LogP contribution in [-0.4, -0.2) is 31.3 Å². The van der Waals surface area contributed by atoms with Gasteiger partial charge in [-0.15, -0.1) is 5.10 Å². The van der Waals surface area contributed by atoms with Crippen molar-refractivity contribution in [3.63, 3.8) is 0 Å². The van der Waals surface area contributed by atoms with Crippen molar-refractivity contribution >= 4 is 16.7 Å². The first-order valence-electron chi connectivity index (χ1n) is 7.33. The zero-order valence-electron chi connectivity index (χ0n) is 13.0. The van der Waals surface area contributed by atoms with Crippen LogP contribution in [0.25, 0.3) is 16.7 Å². The second kappa shape index (κ2) is 5.84. The lowest BCUT2D eigenvalue weighted by atomic mass is 10.1. The van der Waals surface area contributed by atoms with Crippen molar-refractivity contribution in [1.82, 2.24) is 24.1 Å². The Hall–Kier alpha value is -2.28. The van der Waals surface area contributed by atoms with Crippen LogP contribution in [0.2, 0.25) is 0 Å². The lowest BCUT2D eigenvalue weighted by molar-refractivity contribution is 0.178. The van der Waals surface area contributed by atoms with Crippen LogP contribution >= 0.6 is 0 Å². The average molecular weight is 301 g/mol. The molecule has 0 aromatic carbocycles. The molecular formula is C15H19N5O2. The van der Waals surface area contributed by atoms with Crippen LogP contribution in [0.15, 0.2) is 23.3 Å². The zero-order chi connectivity index (χ0) is 15.7. The average Bonchev–Trinajstić information content (AvgIpc) is 2.89. The Morgan fingerprint density at radius 1 is 1.36 bits per heavy atom. The van der Waals surface area contributed by atoms with Crippen LogP contribution in [0.5, 0.6) is 0 Å². The molecule has 0 aliphatic heterocycles. The highest BCUT2D eigenvalue weighted by Gasteiger charge is 2.11. The van der Waals surface area contributed by atoms with Gasteiger partial charge in [0.25, 0.3) is 11.3 Å². The highest BCUT2D eigenvalue weighted by atomic mass is 16.5. The minimum absolute atomic E-state index is 0.0451. The molecule has 0 spiro atoms. The molecule has 7 heteroatoms. The fourth-order valence-electron chi connectivity index (χ4n) is 2.36. The summed E-state index contributed by atoms with van der Waals surface area (Å²) in [5, 5.41) is 4.89. The van der Waals surface area contributed by atoms with Crippen LogP contribution in [-0.2, 0) is 17.9 Å². The van der Waals surface area contributed by atoms with Crippen molar-refractivity contribution < 1.29 is 4.74 Å². The number of aryl methyl sites for hydroxylation is 1. The fourth-order valence-corrected chi connectivity index (χ4v) is 2.36. The number of ether oxygens (including phenoxy) is 1. The van der Waals surface area contributed by atoms with Crippen LogP contribution in [0, 0.1) is 5.92 Å². The van der Waals surface area contributed by atoms with Gasteiger partial charge in [-0.05, 0) is 18.4 Å². The highest BCUT2D eigenvalue weighted by molar-refractivity contribution is 5.78. The van der Waals surface area contributed by atoms with Gasteiger partial charge in [-0.1, -0.05) is 13.8 Å². The first-order chi connectivity index (χ1) is 10.6. The van der Waals surface area contributed by atoms with Crippen LogP contribution < -0.4 is 5.56 Å². The number of aromatic nitrogens is 5. The van der Waals surface area contributed by atoms with E-state index in [-0.39, 0.29) is 5.56 Å². The molecule has 0 saturated carbocycles. The van der Waals surface area contributed by atoms with E-state index < -0.39 is 0 Å². The van der Waals surface area contributed by atoms with Gasteiger partial charge in [0.15, 0.2) is 5.82 Å². The summed E-state index contributed by atoms with van der Waals surface area (Å²) in [6.07, 6.45) is 4.34. The largest absolute Gasteiger partial charge is 0.377 e. The van der Waals surface area contributed by atoms with Gasteiger partial charge in [0, 0.05) is 26.0 Å². The Morgan fingerprint density at radius 3 is 2.91 bits per heavy atom. The topological polar surface area (TPSA) is 74.3 Å². The molecule has 0 bridgehead atoms. The highest BCUT2D eigenvalue weighted by Crippen LogP contribution is 2.11. The van der Waals surface area contributed by atoms with Gasteiger partial charge in [0.2, 0.25) is 0 Å². The van der Waals surface area contributed by atoms with Crippen LogP contribution in [0.3, 0.4) is 0 Å². The number of hydrogen-bond acceptors (Lipinski definition) is 5. The van der Waals surface area contributed by atoms with Crippen molar-refractivity contribution in [2.75, 3.05) is 7.11 Å². The minimum Gasteiger partial charge on any atom is -0.377 e. The minimum atomic E-state index is -0.0451. The fraction of sp³-hybridized carbons (Fsp3) is 0.467. The SMILES string of the molecule is COCc1nc2ncc3c(=O)n(CCC(C)C)ccc3n2n1. The summed E-state index contributed by atoms with van der Waals surface area (Å²) in [7, 11) is 1.59. The van der Waals surface area contributed by atoms with Crippen molar-refractivity contribution in [3.8, 4) is 0 Å². The van der Waals surface area contributed by atoms with Gasteiger partial charge in [-0.3, -0.25) is 4.79 Å². The molecule has 0 aliphatic rings. The molecule has 0 N–H and O–H groups in total. The van der Waals surface area contributed by atoms with Gasteiger partial charge in [0.05, 0.1) is 10.9 Å². The quantitative estimate of drug-likeness (QED) is 0.716. The predicted octanol–water partition coefficient (Wildman–Crippen LogP) is 1.63. The van der Waals surface area contributed by atoms with Crippen LogP contribution in [0.1, 0.15) is 26.1 Å². The summed E-state index contributed by atoms with van der Waals surface area (Å²) in [5.74, 6) is 1.57. The Balaban J connectivity index is 2.11. The molecule has 3 heterocycles. The third-order valence-corrected chi connectivity index (χ3v) is 3.57. The second-order valence-corrected chi connectivity index (χ2v) is 5.73. The van der Waals surface area contributed by atoms with Crippen molar-refractivity contribution in [3.05, 3.63) is 34.6 Å². The van der Waals surface area contributed by atoms with Crippen LogP contribution in [0.4, 0.5) is 0 Å². The second-order valence-electron chi connectivity index (χ2n) is 5.73. The first kappa shape index (κ1) is 14.6. The Morgan fingerprint density at radius 2 is 2.18 bits per heavy atom. The van der Waals surface area contributed by atoms with Crippen molar-refractivity contribution in [2.24, 2.45) is 5.92 Å². The lowest BCUT2D eigenvalue weighted by Crippen LogP contribution is -2.21. The van der Waals surface area contributed by atoms with E-state index in [0.717, 1.165) is 6.42 Å². The molecule has 0 radical (unpaired) electrons. The molecule has 0 saturated heterocycles. The Labute approximate surface area is 127 Å². The molecular weight excluding hydrogens is 282 g/mol.